The first kappa shape index (κ1) is 15.1. The molecule has 124 valence electrons. The van der Waals surface area contributed by atoms with E-state index in [0.717, 1.165) is 50.4 Å². The van der Waals surface area contributed by atoms with Gasteiger partial charge in [-0.15, -0.1) is 0 Å². The van der Waals surface area contributed by atoms with Crippen molar-refractivity contribution < 1.29 is 13.2 Å². The van der Waals surface area contributed by atoms with Crippen LogP contribution in [0.25, 0.3) is 10.3 Å². The zero-order chi connectivity index (χ0) is 16.1. The van der Waals surface area contributed by atoms with Crippen molar-refractivity contribution in [1.29, 1.82) is 0 Å². The number of hydrogen-bond donors (Lipinski definition) is 1. The summed E-state index contributed by atoms with van der Waals surface area (Å²) < 4.78 is 37.8. The number of nitrogens with zero attached hydrogens (tertiary/aromatic N) is 4. The van der Waals surface area contributed by atoms with Crippen molar-refractivity contribution in [3.05, 3.63) is 11.3 Å². The maximum atomic E-state index is 12.6. The molecule has 1 atom stereocenters. The van der Waals surface area contributed by atoms with E-state index in [4.69, 9.17) is 0 Å². The third-order valence-corrected chi connectivity index (χ3v) is 5.61. The zero-order valence-corrected chi connectivity index (χ0v) is 13.2. The van der Waals surface area contributed by atoms with Crippen molar-refractivity contribution in [2.24, 2.45) is 5.41 Å². The molecule has 2 aliphatic rings. The standard InChI is InChI=1S/C14H16F3N5S/c15-14(16,17)5-9-21-10-11(19-8-20-12(10)23-9)22-4-2-13(7-22)1-3-18-6-13/h8,18H,1-7H2. The number of anilines is 1. The summed E-state index contributed by atoms with van der Waals surface area (Å²) in [4.78, 5) is 15.3. The van der Waals surface area contributed by atoms with E-state index in [1.165, 1.54) is 6.33 Å². The van der Waals surface area contributed by atoms with Gasteiger partial charge in [-0.2, -0.15) is 13.2 Å². The molecule has 2 saturated heterocycles. The first-order chi connectivity index (χ1) is 10.9. The molecule has 0 amide bonds. The number of fused-ring (bicyclic) bond motifs is 1. The largest absolute Gasteiger partial charge is 0.395 e. The number of alkyl halides is 3. The number of halogens is 3. The van der Waals surface area contributed by atoms with Gasteiger partial charge >= 0.3 is 6.18 Å². The second kappa shape index (κ2) is 5.27. The van der Waals surface area contributed by atoms with E-state index in [9.17, 15) is 13.2 Å². The van der Waals surface area contributed by atoms with E-state index >= 15 is 0 Å². The van der Waals surface area contributed by atoms with Gasteiger partial charge in [0, 0.05) is 25.0 Å². The van der Waals surface area contributed by atoms with Crippen molar-refractivity contribution in [1.82, 2.24) is 20.3 Å². The van der Waals surface area contributed by atoms with E-state index in [-0.39, 0.29) is 10.4 Å². The van der Waals surface area contributed by atoms with Crippen molar-refractivity contribution in [2.75, 3.05) is 31.1 Å². The summed E-state index contributed by atoms with van der Waals surface area (Å²) >= 11 is 1.000. The SMILES string of the molecule is FC(F)(F)Cc1nc2c(N3CCC4(CCNC4)C3)ncnc2s1. The second-order valence-corrected chi connectivity index (χ2v) is 7.41. The predicted molar refractivity (Wildman–Crippen MR) is 81.7 cm³/mol. The van der Waals surface area contributed by atoms with Crippen LogP contribution in [0.15, 0.2) is 6.33 Å². The van der Waals surface area contributed by atoms with E-state index in [1.807, 2.05) is 0 Å². The lowest BCUT2D eigenvalue weighted by atomic mass is 9.87. The summed E-state index contributed by atoms with van der Waals surface area (Å²) in [6.07, 6.45) is -1.64. The molecule has 0 aromatic carbocycles. The van der Waals surface area contributed by atoms with Gasteiger partial charge < -0.3 is 10.2 Å². The highest BCUT2D eigenvalue weighted by Gasteiger charge is 2.41. The van der Waals surface area contributed by atoms with Crippen molar-refractivity contribution >= 4 is 27.5 Å². The molecule has 1 N–H and O–H groups in total. The lowest BCUT2D eigenvalue weighted by molar-refractivity contribution is -0.127. The minimum absolute atomic E-state index is 0.0469. The Morgan fingerprint density at radius 1 is 1.30 bits per heavy atom. The number of hydrogen-bond acceptors (Lipinski definition) is 6. The molecule has 2 fully saturated rings. The van der Waals surface area contributed by atoms with Crippen LogP contribution in [0.4, 0.5) is 19.0 Å². The summed E-state index contributed by atoms with van der Waals surface area (Å²) in [5.41, 5.74) is 0.766. The molecule has 2 aromatic heterocycles. The topological polar surface area (TPSA) is 53.9 Å². The van der Waals surface area contributed by atoms with Crippen LogP contribution in [0.1, 0.15) is 17.8 Å². The number of aromatic nitrogens is 3. The quantitative estimate of drug-likeness (QED) is 0.907. The van der Waals surface area contributed by atoms with Crippen LogP contribution in [0, 0.1) is 5.41 Å². The lowest BCUT2D eigenvalue weighted by Gasteiger charge is -2.23. The number of rotatable bonds is 2. The fraction of sp³-hybridized carbons (Fsp3) is 0.643. The Balaban J connectivity index is 1.65. The van der Waals surface area contributed by atoms with Gasteiger partial charge in [0.1, 0.15) is 21.7 Å². The first-order valence-electron chi connectivity index (χ1n) is 7.57. The summed E-state index contributed by atoms with van der Waals surface area (Å²) in [5, 5.41) is 3.44. The number of thiazole rings is 1. The molecule has 5 nitrogen and oxygen atoms in total. The highest BCUT2D eigenvalue weighted by molar-refractivity contribution is 7.18. The van der Waals surface area contributed by atoms with Gasteiger partial charge in [-0.1, -0.05) is 11.3 Å². The Morgan fingerprint density at radius 3 is 2.91 bits per heavy atom. The highest BCUT2D eigenvalue weighted by Crippen LogP contribution is 2.39. The van der Waals surface area contributed by atoms with Gasteiger partial charge in [0.05, 0.1) is 6.42 Å². The van der Waals surface area contributed by atoms with Crippen LogP contribution in [0.2, 0.25) is 0 Å². The Hall–Kier alpha value is -1.48. The third kappa shape index (κ3) is 2.87. The van der Waals surface area contributed by atoms with E-state index < -0.39 is 12.6 Å². The summed E-state index contributed by atoms with van der Waals surface area (Å²) in [6, 6.07) is 0. The second-order valence-electron chi connectivity index (χ2n) is 6.35. The molecule has 23 heavy (non-hydrogen) atoms. The minimum Gasteiger partial charge on any atom is -0.354 e. The Labute approximate surface area is 134 Å². The molecule has 2 aromatic rings. The van der Waals surface area contributed by atoms with Gasteiger partial charge in [0.15, 0.2) is 5.82 Å². The van der Waals surface area contributed by atoms with Crippen LogP contribution in [-0.4, -0.2) is 47.3 Å². The van der Waals surface area contributed by atoms with Crippen molar-refractivity contribution in [3.8, 4) is 0 Å². The zero-order valence-electron chi connectivity index (χ0n) is 12.4. The van der Waals surface area contributed by atoms with E-state index in [1.54, 1.807) is 0 Å². The fourth-order valence-electron chi connectivity index (χ4n) is 3.52. The van der Waals surface area contributed by atoms with Crippen LogP contribution in [0.3, 0.4) is 0 Å². The fourth-order valence-corrected chi connectivity index (χ4v) is 4.45. The summed E-state index contributed by atoms with van der Waals surface area (Å²) in [5.74, 6) is 0.670. The van der Waals surface area contributed by atoms with Crippen LogP contribution < -0.4 is 10.2 Å². The Morgan fingerprint density at radius 2 is 2.17 bits per heavy atom. The molecule has 0 bridgehead atoms. The average molecular weight is 343 g/mol. The Bertz CT molecular complexity index is 723. The summed E-state index contributed by atoms with van der Waals surface area (Å²) in [6.45, 7) is 3.76. The molecule has 4 heterocycles. The lowest BCUT2D eigenvalue weighted by Crippen LogP contribution is -2.29. The minimum atomic E-state index is -4.26. The molecule has 0 saturated carbocycles. The maximum Gasteiger partial charge on any atom is 0.395 e. The van der Waals surface area contributed by atoms with Gasteiger partial charge in [-0.3, -0.25) is 0 Å². The molecule has 1 spiro atoms. The normalized spacial score (nSPS) is 25.1. The smallest absolute Gasteiger partial charge is 0.354 e. The van der Waals surface area contributed by atoms with Gasteiger partial charge in [0.2, 0.25) is 0 Å². The molecule has 0 aliphatic carbocycles. The molecule has 0 radical (unpaired) electrons. The van der Waals surface area contributed by atoms with Crippen molar-refractivity contribution in [3.63, 3.8) is 0 Å². The van der Waals surface area contributed by atoms with Gasteiger partial charge in [-0.25, -0.2) is 15.0 Å². The molecular weight excluding hydrogens is 327 g/mol. The maximum absolute atomic E-state index is 12.6. The monoisotopic (exact) mass is 343 g/mol. The first-order valence-corrected chi connectivity index (χ1v) is 8.39. The highest BCUT2D eigenvalue weighted by atomic mass is 32.1. The molecule has 1 unspecified atom stereocenters. The average Bonchev–Trinajstić information content (AvgIpc) is 3.17. The van der Waals surface area contributed by atoms with E-state index in [2.05, 4.69) is 25.2 Å². The summed E-state index contributed by atoms with van der Waals surface area (Å²) in [7, 11) is 0. The Kier molecular flexibility index (Phi) is 3.45. The van der Waals surface area contributed by atoms with Crippen LogP contribution >= 0.6 is 11.3 Å². The molecule has 4 rings (SSSR count). The van der Waals surface area contributed by atoms with Gasteiger partial charge in [0.25, 0.3) is 0 Å². The third-order valence-electron chi connectivity index (χ3n) is 4.64. The molecular formula is C14H16F3N5S. The van der Waals surface area contributed by atoms with Crippen LogP contribution in [0.5, 0.6) is 0 Å². The van der Waals surface area contributed by atoms with E-state index in [0.29, 0.717) is 16.2 Å². The predicted octanol–water partition coefficient (Wildman–Crippen LogP) is 2.38. The van der Waals surface area contributed by atoms with Crippen LogP contribution in [-0.2, 0) is 6.42 Å². The number of nitrogens with one attached hydrogen (secondary N) is 1. The molecule has 2 aliphatic heterocycles. The van der Waals surface area contributed by atoms with Gasteiger partial charge in [-0.05, 0) is 19.4 Å². The van der Waals surface area contributed by atoms with Crippen molar-refractivity contribution in [2.45, 2.75) is 25.4 Å². The molecule has 9 heteroatoms.